The van der Waals surface area contributed by atoms with Crippen LogP contribution < -0.4 is 10.6 Å². The molecule has 0 bridgehead atoms. The van der Waals surface area contributed by atoms with Crippen molar-refractivity contribution in [3.8, 4) is 0 Å². The summed E-state index contributed by atoms with van der Waals surface area (Å²) in [4.78, 5) is 33.9. The van der Waals surface area contributed by atoms with Gasteiger partial charge in [-0.05, 0) is 169 Å². The molecule has 3 atom stereocenters. The third kappa shape index (κ3) is 16.1. The fourth-order valence-electron chi connectivity index (χ4n) is 14.4. The van der Waals surface area contributed by atoms with Crippen LogP contribution in [0.1, 0.15) is 123 Å². The molecule has 2 N–H and O–H groups in total. The normalized spacial score (nSPS) is 21.7. The second-order valence-electron chi connectivity index (χ2n) is 23.8. The van der Waals surface area contributed by atoms with E-state index in [2.05, 4.69) is 128 Å². The van der Waals surface area contributed by atoms with Gasteiger partial charge in [0, 0.05) is 176 Å². The molecule has 8 aliphatic rings. The Morgan fingerprint density at radius 3 is 1.30 bits per heavy atom. The van der Waals surface area contributed by atoms with E-state index in [0.29, 0.717) is 17.8 Å². The van der Waals surface area contributed by atoms with Gasteiger partial charge >= 0.3 is 0 Å². The molecule has 3 aromatic carbocycles. The number of halogens is 4. The van der Waals surface area contributed by atoms with Gasteiger partial charge in [-0.15, -0.1) is 13.0 Å². The van der Waals surface area contributed by atoms with Crippen molar-refractivity contribution in [1.29, 1.82) is 0 Å². The highest BCUT2D eigenvalue weighted by Gasteiger charge is 2.39. The summed E-state index contributed by atoms with van der Waals surface area (Å²) in [5, 5.41) is 9.26. The lowest BCUT2D eigenvalue weighted by atomic mass is 9.76. The van der Waals surface area contributed by atoms with Crippen LogP contribution in [0.25, 0.3) is 34.1 Å². The first-order valence-corrected chi connectivity index (χ1v) is 35.5. The third-order valence-electron chi connectivity index (χ3n) is 18.7. The first kappa shape index (κ1) is 66.9. The highest BCUT2D eigenvalue weighted by atomic mass is 79.9. The molecule has 5 aliphatic heterocycles. The van der Waals surface area contributed by atoms with E-state index in [4.69, 9.17) is 77.4 Å². The Kier molecular flexibility index (Phi) is 23.9. The lowest BCUT2D eigenvalue weighted by molar-refractivity contribution is -0.164. The lowest BCUT2D eigenvalue weighted by Crippen LogP contribution is -2.42. The maximum atomic E-state index is 6.54. The van der Waals surface area contributed by atoms with Crippen molar-refractivity contribution >= 4 is 122 Å². The number of benzene rings is 3. The van der Waals surface area contributed by atoms with Gasteiger partial charge in [-0.2, -0.15) is 0 Å². The summed E-state index contributed by atoms with van der Waals surface area (Å²) in [6.07, 6.45) is 19.0. The van der Waals surface area contributed by atoms with Crippen LogP contribution in [0.3, 0.4) is 0 Å². The number of nitrogens with one attached hydrogen (secondary N) is 2. The van der Waals surface area contributed by atoms with Gasteiger partial charge in [0.1, 0.15) is 36.7 Å². The monoisotopic (exact) mass is 1410 g/mol. The fourth-order valence-corrected chi connectivity index (χ4v) is 17.1. The number of fused-ring (bicyclic) bond motifs is 6. The Morgan fingerprint density at radius 2 is 0.813 bits per heavy atom. The van der Waals surface area contributed by atoms with Gasteiger partial charge in [0.15, 0.2) is 0 Å². The molecule has 14 rings (SSSR count). The predicted molar refractivity (Wildman–Crippen MR) is 374 cm³/mol. The maximum Gasteiger partial charge on any atom is 0.121 e. The zero-order chi connectivity index (χ0) is 62.6. The summed E-state index contributed by atoms with van der Waals surface area (Å²) in [5.74, 6) is 2.23. The standard InChI is InChI=1S/2C24H29ClN4O2S.C20H20BrClN2O2S/c1-30-31-32-29-11-6-17(7-12-29)23-20-5-4-19(25)15-18(20)16-22(28-13-9-26-10-14-28)21-3-2-8-27-24(21)23;1-30-31-32-29-11-6-17(7-12-29)23-20-5-4-19(25)16-21(20)22(28-13-9-26-10-14-28)15-18-3-2-8-27-24(18)23;1-25-26-27-24-9-6-13(7-10-24)19-16-5-4-15(22)11-14(16)12-18(21)17-3-2-8-23-20(17)19/h2*2-5,8,15-17,23,26H,6-7,9-14H2,1H3;2-5,8,11-13,19H,6-7,9-10H2,1H3. The zero-order valence-electron chi connectivity index (χ0n) is 51.5. The molecule has 6 aromatic rings. The van der Waals surface area contributed by atoms with Crippen LogP contribution >= 0.6 is 87.4 Å². The molecule has 3 unspecified atom stereocenters. The molecule has 0 amide bonds. The van der Waals surface area contributed by atoms with Crippen LogP contribution in [-0.4, -0.2) is 151 Å². The third-order valence-corrected chi connectivity index (χ3v) is 22.3. The van der Waals surface area contributed by atoms with Gasteiger partial charge in [-0.1, -0.05) is 81.1 Å². The van der Waals surface area contributed by atoms with E-state index in [0.717, 1.165) is 167 Å². The zero-order valence-corrected chi connectivity index (χ0v) is 57.8. The fraction of sp³-hybridized carbons (Fsp3) is 0.426. The molecule has 16 nitrogen and oxygen atoms in total. The SMILES string of the molecule is COOSN1CCC(C2c3ccc(Cl)cc3C(N3CCNCC3)=Cc3cccnc32)CC1.COOSN1CCC(C2c3ccc(Cl)cc3C=C(Br)c3cccnc32)CC1.COOSN1CCC(C2c3ccc(Cl)cc3C=C(N3CCNCC3)c3cccnc32)CC1. The molecule has 482 valence electrons. The molecule has 5 fully saturated rings. The summed E-state index contributed by atoms with van der Waals surface area (Å²) in [6.45, 7) is 13.7. The van der Waals surface area contributed by atoms with Gasteiger partial charge in [-0.25, -0.2) is 27.6 Å². The number of aromatic nitrogens is 3. The van der Waals surface area contributed by atoms with Crippen molar-refractivity contribution in [3.05, 3.63) is 192 Å². The van der Waals surface area contributed by atoms with Crippen LogP contribution in [-0.2, 0) is 27.7 Å². The Bertz CT molecular complexity index is 3500. The highest BCUT2D eigenvalue weighted by Crippen LogP contribution is 2.50. The van der Waals surface area contributed by atoms with Crippen molar-refractivity contribution in [3.63, 3.8) is 0 Å². The van der Waals surface area contributed by atoms with Gasteiger partial charge in [0.2, 0.25) is 0 Å². The van der Waals surface area contributed by atoms with Crippen LogP contribution in [0.4, 0.5) is 0 Å². The molecule has 3 aromatic heterocycles. The minimum Gasteiger partial charge on any atom is -0.368 e. The molecule has 5 saturated heterocycles. The number of nitrogens with zero attached hydrogens (tertiary/aromatic N) is 8. The second-order valence-corrected chi connectivity index (χ2v) is 28.4. The van der Waals surface area contributed by atoms with E-state index in [-0.39, 0.29) is 17.8 Å². The van der Waals surface area contributed by atoms with Gasteiger partial charge in [-0.3, -0.25) is 15.0 Å². The molecule has 0 radical (unpaired) electrons. The largest absolute Gasteiger partial charge is 0.368 e. The lowest BCUT2D eigenvalue weighted by Gasteiger charge is -2.36. The van der Waals surface area contributed by atoms with E-state index < -0.39 is 0 Å². The van der Waals surface area contributed by atoms with E-state index in [1.807, 2.05) is 48.9 Å². The maximum absolute atomic E-state index is 6.54. The minimum atomic E-state index is 0.241. The molecule has 8 heterocycles. The summed E-state index contributed by atoms with van der Waals surface area (Å²) >= 11 is 26.9. The van der Waals surface area contributed by atoms with Gasteiger partial charge in [0.05, 0.1) is 38.4 Å². The number of rotatable bonds is 14. The van der Waals surface area contributed by atoms with Crippen molar-refractivity contribution in [2.45, 2.75) is 56.3 Å². The Labute approximate surface area is 572 Å². The number of hydrogen-bond acceptors (Lipinski definition) is 19. The smallest absolute Gasteiger partial charge is 0.121 e. The average Bonchev–Trinajstić information content (AvgIpc) is 1.75. The molecular formula is C68H78BrCl3N10O6S3. The van der Waals surface area contributed by atoms with Crippen molar-refractivity contribution in [2.75, 3.05) is 113 Å². The minimum absolute atomic E-state index is 0.241. The van der Waals surface area contributed by atoms with Crippen molar-refractivity contribution < 1.29 is 27.7 Å². The topological polar surface area (TPSA) is 134 Å². The molecular weight excluding hydrogens is 1340 g/mol. The Balaban J connectivity index is 0.000000133. The molecule has 0 spiro atoms. The first-order valence-electron chi connectivity index (χ1n) is 31.5. The number of pyridine rings is 3. The molecule has 0 saturated carbocycles. The second kappa shape index (κ2) is 32.6. The summed E-state index contributed by atoms with van der Waals surface area (Å²) in [5.41, 5.74) is 17.3. The van der Waals surface area contributed by atoms with Crippen LogP contribution in [0.5, 0.6) is 0 Å². The van der Waals surface area contributed by atoms with E-state index in [1.165, 1.54) is 106 Å². The van der Waals surface area contributed by atoms with Crippen LogP contribution in [0, 0.1) is 17.8 Å². The predicted octanol–water partition coefficient (Wildman–Crippen LogP) is 14.8. The van der Waals surface area contributed by atoms with E-state index >= 15 is 0 Å². The number of piperidine rings is 3. The molecule has 23 heteroatoms. The molecule has 3 aliphatic carbocycles. The average molecular weight is 1410 g/mol. The van der Waals surface area contributed by atoms with Crippen LogP contribution in [0.2, 0.25) is 15.1 Å². The number of piperazine rings is 2. The Hall–Kier alpha value is -4.11. The summed E-state index contributed by atoms with van der Waals surface area (Å²) < 4.78 is 22.9. The Morgan fingerprint density at radius 1 is 0.429 bits per heavy atom. The summed E-state index contributed by atoms with van der Waals surface area (Å²) in [7, 11) is 4.61. The van der Waals surface area contributed by atoms with Crippen LogP contribution in [0.15, 0.2) is 110 Å². The first-order chi connectivity index (χ1) is 44.7. The number of hydrogen-bond donors (Lipinski definition) is 2. The van der Waals surface area contributed by atoms with E-state index in [9.17, 15) is 0 Å². The van der Waals surface area contributed by atoms with E-state index in [1.54, 1.807) is 14.2 Å². The summed E-state index contributed by atoms with van der Waals surface area (Å²) in [6, 6.07) is 31.7. The van der Waals surface area contributed by atoms with Gasteiger partial charge in [0.25, 0.3) is 0 Å². The highest BCUT2D eigenvalue weighted by molar-refractivity contribution is 9.15. The molecule has 91 heavy (non-hydrogen) atoms. The van der Waals surface area contributed by atoms with Crippen molar-refractivity contribution in [1.82, 2.24) is 48.3 Å². The quantitative estimate of drug-likeness (QED) is 0.0463. The van der Waals surface area contributed by atoms with Gasteiger partial charge < -0.3 is 20.4 Å². The van der Waals surface area contributed by atoms with Crippen molar-refractivity contribution in [2.24, 2.45) is 17.8 Å².